The molecule has 1 aliphatic rings. The van der Waals surface area contributed by atoms with Crippen molar-refractivity contribution in [2.45, 2.75) is 0 Å². The van der Waals surface area contributed by atoms with Crippen LogP contribution < -0.4 is 11.1 Å². The van der Waals surface area contributed by atoms with Gasteiger partial charge in [0.05, 0.1) is 17.5 Å². The van der Waals surface area contributed by atoms with E-state index in [-0.39, 0.29) is 5.91 Å². The van der Waals surface area contributed by atoms with E-state index in [0.717, 1.165) is 10.4 Å². The van der Waals surface area contributed by atoms with Crippen LogP contribution >= 0.6 is 11.3 Å². The van der Waals surface area contributed by atoms with Gasteiger partial charge in [-0.05, 0) is 23.6 Å². The van der Waals surface area contributed by atoms with Crippen molar-refractivity contribution in [3.05, 3.63) is 40.2 Å². The molecule has 0 atom stereocenters. The molecule has 3 heterocycles. The molecule has 0 fully saturated rings. The van der Waals surface area contributed by atoms with Crippen molar-refractivity contribution in [2.75, 3.05) is 11.1 Å². The number of carbonyl (C=O) groups is 1. The number of rotatable bonds is 1. The van der Waals surface area contributed by atoms with E-state index in [1.807, 2.05) is 23.6 Å². The second-order valence-corrected chi connectivity index (χ2v) is 4.67. The molecule has 1 amide bonds. The molecule has 0 aliphatic carbocycles. The molecule has 0 aromatic carbocycles. The second kappa shape index (κ2) is 3.71. The Morgan fingerprint density at radius 3 is 3.12 bits per heavy atom. The number of nitrogen functional groups attached to an aromatic ring is 1. The number of aromatic nitrogens is 1. The maximum Gasteiger partial charge on any atom is 0.257 e. The number of pyridine rings is 1. The van der Waals surface area contributed by atoms with E-state index in [1.165, 1.54) is 6.20 Å². The van der Waals surface area contributed by atoms with E-state index in [1.54, 1.807) is 17.4 Å². The third kappa shape index (κ3) is 1.70. The van der Waals surface area contributed by atoms with Crippen LogP contribution in [0.1, 0.15) is 10.4 Å². The third-order valence-electron chi connectivity index (χ3n) is 2.51. The minimum Gasteiger partial charge on any atom is -0.397 e. The van der Waals surface area contributed by atoms with Crippen LogP contribution in [-0.4, -0.2) is 10.9 Å². The van der Waals surface area contributed by atoms with Gasteiger partial charge in [0, 0.05) is 10.4 Å². The Morgan fingerprint density at radius 1 is 1.47 bits per heavy atom. The van der Waals surface area contributed by atoms with Crippen LogP contribution in [0, 0.1) is 0 Å². The van der Waals surface area contributed by atoms with Gasteiger partial charge in [0.25, 0.3) is 5.91 Å². The highest BCUT2D eigenvalue weighted by Crippen LogP contribution is 2.33. The van der Waals surface area contributed by atoms with Crippen molar-refractivity contribution in [2.24, 2.45) is 0 Å². The van der Waals surface area contributed by atoms with Gasteiger partial charge in [-0.3, -0.25) is 4.79 Å². The number of carbonyl (C=O) groups excluding carboxylic acids is 1. The molecule has 3 rings (SSSR count). The van der Waals surface area contributed by atoms with Crippen LogP contribution in [0.3, 0.4) is 0 Å². The maximum atomic E-state index is 11.8. The first-order chi connectivity index (χ1) is 8.24. The van der Waals surface area contributed by atoms with Gasteiger partial charge in [-0.25, -0.2) is 4.98 Å². The van der Waals surface area contributed by atoms with Gasteiger partial charge < -0.3 is 11.1 Å². The van der Waals surface area contributed by atoms with Gasteiger partial charge in [0.2, 0.25) is 0 Å². The summed E-state index contributed by atoms with van der Waals surface area (Å²) in [5.74, 6) is 0.443. The zero-order valence-corrected chi connectivity index (χ0v) is 9.62. The van der Waals surface area contributed by atoms with E-state index in [2.05, 4.69) is 10.3 Å². The van der Waals surface area contributed by atoms with Gasteiger partial charge in [0.1, 0.15) is 5.82 Å². The Kier molecular flexibility index (Phi) is 2.19. The van der Waals surface area contributed by atoms with Crippen molar-refractivity contribution >= 4 is 40.4 Å². The molecule has 0 bridgehead atoms. The van der Waals surface area contributed by atoms with Crippen molar-refractivity contribution in [3.63, 3.8) is 0 Å². The van der Waals surface area contributed by atoms with E-state index < -0.39 is 0 Å². The summed E-state index contributed by atoms with van der Waals surface area (Å²) in [5.41, 5.74) is 7.62. The van der Waals surface area contributed by atoms with Crippen LogP contribution in [0.25, 0.3) is 11.6 Å². The number of nitrogens with zero attached hydrogens (tertiary/aromatic N) is 1. The molecule has 0 radical (unpaired) electrons. The number of fused-ring (bicyclic) bond motifs is 1. The highest BCUT2D eigenvalue weighted by atomic mass is 32.1. The fourth-order valence-corrected chi connectivity index (χ4v) is 2.40. The number of thiophene rings is 1. The molecule has 4 nitrogen and oxygen atoms in total. The minimum absolute atomic E-state index is 0.133. The quantitative estimate of drug-likeness (QED) is 0.754. The second-order valence-electron chi connectivity index (χ2n) is 3.69. The number of nitrogens with two attached hydrogens (primary N) is 1. The van der Waals surface area contributed by atoms with Crippen molar-refractivity contribution in [1.29, 1.82) is 0 Å². The van der Waals surface area contributed by atoms with Crippen LogP contribution in [-0.2, 0) is 4.79 Å². The Labute approximate surface area is 102 Å². The fourth-order valence-electron chi connectivity index (χ4n) is 1.74. The number of anilines is 2. The van der Waals surface area contributed by atoms with Crippen molar-refractivity contribution < 1.29 is 4.79 Å². The molecular formula is C12H9N3OS. The molecule has 0 saturated carbocycles. The van der Waals surface area contributed by atoms with Crippen molar-refractivity contribution in [3.8, 4) is 0 Å². The van der Waals surface area contributed by atoms with Crippen LogP contribution in [0.15, 0.2) is 29.8 Å². The first-order valence-corrected chi connectivity index (χ1v) is 5.94. The predicted octanol–water partition coefficient (Wildman–Crippen LogP) is 2.22. The zero-order valence-electron chi connectivity index (χ0n) is 8.81. The van der Waals surface area contributed by atoms with E-state index >= 15 is 0 Å². The molecule has 17 heavy (non-hydrogen) atoms. The van der Waals surface area contributed by atoms with Gasteiger partial charge in [-0.2, -0.15) is 0 Å². The lowest BCUT2D eigenvalue weighted by Crippen LogP contribution is -2.04. The summed E-state index contributed by atoms with van der Waals surface area (Å²) in [4.78, 5) is 16.9. The van der Waals surface area contributed by atoms with Gasteiger partial charge in [-0.1, -0.05) is 6.07 Å². The van der Waals surface area contributed by atoms with E-state index in [0.29, 0.717) is 17.1 Å². The number of amides is 1. The highest BCUT2D eigenvalue weighted by molar-refractivity contribution is 7.11. The lowest BCUT2D eigenvalue weighted by molar-refractivity contribution is -0.110. The molecule has 3 N–H and O–H groups in total. The van der Waals surface area contributed by atoms with Crippen LogP contribution in [0.2, 0.25) is 0 Å². The monoisotopic (exact) mass is 243 g/mol. The zero-order chi connectivity index (χ0) is 11.8. The third-order valence-corrected chi connectivity index (χ3v) is 3.32. The normalized spacial score (nSPS) is 16.0. The maximum absolute atomic E-state index is 11.8. The Balaban J connectivity index is 2.13. The van der Waals surface area contributed by atoms with Gasteiger partial charge in [0.15, 0.2) is 0 Å². The Morgan fingerprint density at radius 2 is 2.35 bits per heavy atom. The summed E-state index contributed by atoms with van der Waals surface area (Å²) < 4.78 is 0. The summed E-state index contributed by atoms with van der Waals surface area (Å²) in [6.45, 7) is 0. The molecule has 84 valence electrons. The lowest BCUT2D eigenvalue weighted by Gasteiger charge is -1.98. The Hall–Kier alpha value is -2.14. The average Bonchev–Trinajstić information content (AvgIpc) is 2.90. The molecule has 5 heteroatoms. The smallest absolute Gasteiger partial charge is 0.257 e. The van der Waals surface area contributed by atoms with Gasteiger partial charge >= 0.3 is 0 Å². The van der Waals surface area contributed by atoms with Gasteiger partial charge in [-0.15, -0.1) is 11.3 Å². The summed E-state index contributed by atoms with van der Waals surface area (Å²) in [5, 5.41) is 4.69. The molecule has 1 aliphatic heterocycles. The van der Waals surface area contributed by atoms with Crippen LogP contribution in [0.5, 0.6) is 0 Å². The predicted molar refractivity (Wildman–Crippen MR) is 69.5 cm³/mol. The lowest BCUT2D eigenvalue weighted by atomic mass is 10.1. The topological polar surface area (TPSA) is 68.0 Å². The highest BCUT2D eigenvalue weighted by Gasteiger charge is 2.25. The molecule has 2 aromatic rings. The average molecular weight is 243 g/mol. The van der Waals surface area contributed by atoms with Crippen LogP contribution in [0.4, 0.5) is 11.5 Å². The summed E-state index contributed by atoms with van der Waals surface area (Å²) in [6, 6.07) is 5.67. The first-order valence-electron chi connectivity index (χ1n) is 5.06. The summed E-state index contributed by atoms with van der Waals surface area (Å²) >= 11 is 1.58. The fraction of sp³-hybridized carbons (Fsp3) is 0. The molecule has 0 unspecified atom stereocenters. The molecule has 0 saturated heterocycles. The molecular weight excluding hydrogens is 234 g/mol. The Bertz CT molecular complexity index is 617. The van der Waals surface area contributed by atoms with Crippen molar-refractivity contribution in [1.82, 2.24) is 4.98 Å². The van der Waals surface area contributed by atoms with E-state index in [4.69, 9.17) is 5.73 Å². The molecule has 0 spiro atoms. The summed E-state index contributed by atoms with van der Waals surface area (Å²) in [6.07, 6.45) is 3.39. The minimum atomic E-state index is -0.133. The molecule has 2 aromatic heterocycles. The summed E-state index contributed by atoms with van der Waals surface area (Å²) in [7, 11) is 0. The van der Waals surface area contributed by atoms with E-state index in [9.17, 15) is 4.79 Å². The number of hydrogen-bond donors (Lipinski definition) is 2. The SMILES string of the molecule is Nc1cnc2c(c1)C(=Cc1cccs1)C(=O)N2. The number of hydrogen-bond acceptors (Lipinski definition) is 4. The first kappa shape index (κ1) is 10.0. The standard InChI is InChI=1S/C12H9N3OS/c13-7-4-9-10(5-8-2-1-3-17-8)12(16)15-11(9)14-6-7/h1-6H,13H2,(H,14,15,16). The largest absolute Gasteiger partial charge is 0.397 e. The number of nitrogens with one attached hydrogen (secondary N) is 1.